The molecule has 2 rings (SSSR count). The Bertz CT molecular complexity index is 428. The van der Waals surface area contributed by atoms with Gasteiger partial charge in [0.05, 0.1) is 11.6 Å². The third-order valence-electron chi connectivity index (χ3n) is 3.25. The number of Topliss-reactive ketones (excluding diaryl/α,β-unsaturated/α-hetero) is 1. The average molecular weight is 312 g/mol. The Balaban J connectivity index is 1.92. The van der Waals surface area contributed by atoms with Crippen molar-refractivity contribution >= 4 is 21.7 Å². The van der Waals surface area contributed by atoms with Crippen LogP contribution in [0.4, 0.5) is 0 Å². The van der Waals surface area contributed by atoms with Crippen molar-refractivity contribution in [1.29, 1.82) is 0 Å². The molecule has 1 atom stereocenters. The van der Waals surface area contributed by atoms with E-state index in [-0.39, 0.29) is 0 Å². The van der Waals surface area contributed by atoms with Gasteiger partial charge in [0, 0.05) is 18.9 Å². The van der Waals surface area contributed by atoms with Crippen LogP contribution in [0.1, 0.15) is 24.8 Å². The minimum absolute atomic E-state index is 0.298. The SMILES string of the molecule is COc1ccc(CC(=O)CC2CCCN2)cc1Br. The van der Waals surface area contributed by atoms with Crippen LogP contribution in [0, 0.1) is 0 Å². The number of ketones is 1. The molecule has 1 fully saturated rings. The monoisotopic (exact) mass is 311 g/mol. The van der Waals surface area contributed by atoms with Gasteiger partial charge in [0.2, 0.25) is 0 Å². The molecule has 1 aromatic rings. The fraction of sp³-hybridized carbons (Fsp3) is 0.500. The molecule has 18 heavy (non-hydrogen) atoms. The summed E-state index contributed by atoms with van der Waals surface area (Å²) in [5.74, 6) is 1.09. The molecule has 1 aliphatic heterocycles. The predicted molar refractivity (Wildman–Crippen MR) is 75.0 cm³/mol. The quantitative estimate of drug-likeness (QED) is 0.908. The van der Waals surface area contributed by atoms with Crippen LogP contribution in [0.15, 0.2) is 22.7 Å². The summed E-state index contributed by atoms with van der Waals surface area (Å²) in [6.07, 6.45) is 3.45. The summed E-state index contributed by atoms with van der Waals surface area (Å²) >= 11 is 3.44. The molecule has 0 saturated carbocycles. The molecule has 0 radical (unpaired) electrons. The van der Waals surface area contributed by atoms with Crippen molar-refractivity contribution < 1.29 is 9.53 Å². The third-order valence-corrected chi connectivity index (χ3v) is 3.87. The zero-order valence-corrected chi connectivity index (χ0v) is 12.1. The number of halogens is 1. The second-order valence-corrected chi connectivity index (χ2v) is 5.54. The minimum Gasteiger partial charge on any atom is -0.496 e. The first kappa shape index (κ1) is 13.6. The molecule has 0 spiro atoms. The van der Waals surface area contributed by atoms with Crippen molar-refractivity contribution in [3.8, 4) is 5.75 Å². The van der Waals surface area contributed by atoms with Crippen LogP contribution in [-0.2, 0) is 11.2 Å². The molecule has 4 heteroatoms. The summed E-state index contributed by atoms with van der Waals surface area (Å²) in [5, 5.41) is 3.35. The van der Waals surface area contributed by atoms with Gasteiger partial charge in [-0.15, -0.1) is 0 Å². The van der Waals surface area contributed by atoms with Crippen LogP contribution in [-0.4, -0.2) is 25.5 Å². The van der Waals surface area contributed by atoms with E-state index in [1.807, 2.05) is 18.2 Å². The maximum Gasteiger partial charge on any atom is 0.138 e. The van der Waals surface area contributed by atoms with Gasteiger partial charge in [-0.1, -0.05) is 6.07 Å². The van der Waals surface area contributed by atoms with E-state index in [0.29, 0.717) is 24.7 Å². The van der Waals surface area contributed by atoms with E-state index < -0.39 is 0 Å². The molecule has 1 saturated heterocycles. The second-order valence-electron chi connectivity index (χ2n) is 4.68. The Morgan fingerprint density at radius 3 is 3.00 bits per heavy atom. The summed E-state index contributed by atoms with van der Waals surface area (Å²) in [4.78, 5) is 11.9. The molecule has 0 bridgehead atoms. The number of methoxy groups -OCH3 is 1. The van der Waals surface area contributed by atoms with Gasteiger partial charge in [-0.05, 0) is 53.0 Å². The molecule has 1 aliphatic rings. The first-order valence-electron chi connectivity index (χ1n) is 6.26. The Morgan fingerprint density at radius 2 is 2.39 bits per heavy atom. The highest BCUT2D eigenvalue weighted by molar-refractivity contribution is 9.10. The third kappa shape index (κ3) is 3.56. The number of rotatable bonds is 5. The van der Waals surface area contributed by atoms with Crippen molar-refractivity contribution in [1.82, 2.24) is 5.32 Å². The van der Waals surface area contributed by atoms with E-state index in [9.17, 15) is 4.79 Å². The fourth-order valence-corrected chi connectivity index (χ4v) is 2.91. The standard InChI is InChI=1S/C14H18BrNO2/c1-18-14-5-4-10(8-13(14)15)7-12(17)9-11-3-2-6-16-11/h4-5,8,11,16H,2-3,6-7,9H2,1H3. The van der Waals surface area contributed by atoms with E-state index in [2.05, 4.69) is 21.2 Å². The first-order valence-corrected chi connectivity index (χ1v) is 7.06. The smallest absolute Gasteiger partial charge is 0.138 e. The summed E-state index contributed by atoms with van der Waals surface area (Å²) in [7, 11) is 1.64. The van der Waals surface area contributed by atoms with Gasteiger partial charge in [0.25, 0.3) is 0 Å². The summed E-state index contributed by atoms with van der Waals surface area (Å²) < 4.78 is 6.07. The lowest BCUT2D eigenvalue weighted by Crippen LogP contribution is -2.25. The lowest BCUT2D eigenvalue weighted by atomic mass is 10.0. The van der Waals surface area contributed by atoms with Crippen LogP contribution in [0.5, 0.6) is 5.75 Å². The molecule has 1 aromatic carbocycles. The normalized spacial score (nSPS) is 18.9. The maximum absolute atomic E-state index is 11.9. The van der Waals surface area contributed by atoms with E-state index in [0.717, 1.165) is 28.8 Å². The Labute approximate surface area is 116 Å². The van der Waals surface area contributed by atoms with Crippen LogP contribution in [0.3, 0.4) is 0 Å². The van der Waals surface area contributed by atoms with Gasteiger partial charge in [-0.25, -0.2) is 0 Å². The molecule has 1 unspecified atom stereocenters. The molecular formula is C14H18BrNO2. The summed E-state index contributed by atoms with van der Waals surface area (Å²) in [6.45, 7) is 1.05. The molecule has 1 N–H and O–H groups in total. The molecule has 98 valence electrons. The maximum atomic E-state index is 11.9. The first-order chi connectivity index (χ1) is 8.69. The zero-order valence-electron chi connectivity index (χ0n) is 10.5. The molecule has 1 heterocycles. The number of benzene rings is 1. The Hall–Kier alpha value is -0.870. The van der Waals surface area contributed by atoms with Crippen molar-refractivity contribution in [2.75, 3.05) is 13.7 Å². The number of hydrogen-bond donors (Lipinski definition) is 1. The van der Waals surface area contributed by atoms with Crippen molar-refractivity contribution in [2.45, 2.75) is 31.7 Å². The molecule has 0 aliphatic carbocycles. The summed E-state index contributed by atoms with van der Waals surface area (Å²) in [6, 6.07) is 6.18. The van der Waals surface area contributed by atoms with Gasteiger partial charge in [-0.3, -0.25) is 4.79 Å². The van der Waals surface area contributed by atoms with Crippen molar-refractivity contribution in [3.05, 3.63) is 28.2 Å². The van der Waals surface area contributed by atoms with Gasteiger partial charge in [-0.2, -0.15) is 0 Å². The largest absolute Gasteiger partial charge is 0.496 e. The highest BCUT2D eigenvalue weighted by Crippen LogP contribution is 2.26. The topological polar surface area (TPSA) is 38.3 Å². The Kier molecular flexibility index (Phi) is 4.78. The van der Waals surface area contributed by atoms with Gasteiger partial charge < -0.3 is 10.1 Å². The molecular weight excluding hydrogens is 294 g/mol. The summed E-state index contributed by atoms with van der Waals surface area (Å²) in [5.41, 5.74) is 1.03. The molecule has 3 nitrogen and oxygen atoms in total. The molecule has 0 aromatic heterocycles. The number of hydrogen-bond acceptors (Lipinski definition) is 3. The van der Waals surface area contributed by atoms with Crippen LogP contribution in [0.25, 0.3) is 0 Å². The van der Waals surface area contributed by atoms with Gasteiger partial charge >= 0.3 is 0 Å². The zero-order chi connectivity index (χ0) is 13.0. The average Bonchev–Trinajstić information content (AvgIpc) is 2.82. The lowest BCUT2D eigenvalue weighted by Gasteiger charge is -2.09. The number of ether oxygens (including phenoxy) is 1. The number of nitrogens with one attached hydrogen (secondary N) is 1. The van der Waals surface area contributed by atoms with Gasteiger partial charge in [0.15, 0.2) is 0 Å². The van der Waals surface area contributed by atoms with Crippen molar-refractivity contribution in [2.24, 2.45) is 0 Å². The van der Waals surface area contributed by atoms with E-state index >= 15 is 0 Å². The van der Waals surface area contributed by atoms with Crippen LogP contribution >= 0.6 is 15.9 Å². The van der Waals surface area contributed by atoms with Crippen molar-refractivity contribution in [3.63, 3.8) is 0 Å². The predicted octanol–water partition coefficient (Wildman–Crippen LogP) is 2.71. The van der Waals surface area contributed by atoms with E-state index in [1.54, 1.807) is 7.11 Å². The molecule has 0 amide bonds. The highest BCUT2D eigenvalue weighted by Gasteiger charge is 2.17. The number of carbonyl (C=O) groups is 1. The van der Waals surface area contributed by atoms with E-state index in [4.69, 9.17) is 4.74 Å². The van der Waals surface area contributed by atoms with Crippen LogP contribution in [0.2, 0.25) is 0 Å². The van der Waals surface area contributed by atoms with Gasteiger partial charge in [0.1, 0.15) is 11.5 Å². The second kappa shape index (κ2) is 6.34. The minimum atomic E-state index is 0.298. The van der Waals surface area contributed by atoms with Crippen LogP contribution < -0.4 is 10.1 Å². The lowest BCUT2D eigenvalue weighted by molar-refractivity contribution is -0.118. The number of carbonyl (C=O) groups excluding carboxylic acids is 1. The van der Waals surface area contributed by atoms with E-state index in [1.165, 1.54) is 6.42 Å². The Morgan fingerprint density at radius 1 is 1.56 bits per heavy atom. The highest BCUT2D eigenvalue weighted by atomic mass is 79.9. The fourth-order valence-electron chi connectivity index (χ4n) is 2.33.